The molecule has 1 heterocycles. The summed E-state index contributed by atoms with van der Waals surface area (Å²) in [7, 11) is 0. The predicted molar refractivity (Wildman–Crippen MR) is 197 cm³/mol. The van der Waals surface area contributed by atoms with Crippen molar-refractivity contribution in [3.8, 4) is 0 Å². The Balaban J connectivity index is 2.95. The van der Waals surface area contributed by atoms with Crippen LogP contribution in [0.2, 0.25) is 0 Å². The lowest BCUT2D eigenvalue weighted by Gasteiger charge is -2.26. The highest BCUT2D eigenvalue weighted by atomic mass is 16.4. The molecule has 0 aromatic rings. The Morgan fingerprint density at radius 3 is 1.83 bits per heavy atom. The molecule has 1 aliphatic rings. The summed E-state index contributed by atoms with van der Waals surface area (Å²) >= 11 is 0. The summed E-state index contributed by atoms with van der Waals surface area (Å²) < 4.78 is 0. The molecule has 1 rings (SSSR count). The molecule has 6 atom stereocenters. The van der Waals surface area contributed by atoms with Crippen molar-refractivity contribution < 1.29 is 43.8 Å². The highest BCUT2D eigenvalue weighted by molar-refractivity contribution is 5.96. The number of carbonyl (C=O) groups excluding carboxylic acids is 6. The molecular formula is C31H58N14O9. The van der Waals surface area contributed by atoms with Gasteiger partial charge in [0.1, 0.15) is 30.2 Å². The SMILES string of the molecule is CC(NC(=O)C(CCCCN)NC(=O)C(CCCN=C(N)N)NC(=O)C(N)CCCN=C(N)N)C(=O)NC(CO)C(=O)NCC(=O)N1CCCC1C(=O)O. The fourth-order valence-electron chi connectivity index (χ4n) is 5.32. The number of carboxylic acid groups (broad SMARTS) is 1. The van der Waals surface area contributed by atoms with E-state index >= 15 is 0 Å². The summed E-state index contributed by atoms with van der Waals surface area (Å²) in [6, 6.07) is -7.14. The molecule has 1 fully saturated rings. The maximum absolute atomic E-state index is 13.5. The average molecular weight is 771 g/mol. The number of rotatable bonds is 25. The average Bonchev–Trinajstić information content (AvgIpc) is 3.62. The van der Waals surface area contributed by atoms with Crippen LogP contribution in [0.3, 0.4) is 0 Å². The van der Waals surface area contributed by atoms with Crippen molar-refractivity contribution >= 4 is 53.3 Å². The Morgan fingerprint density at radius 2 is 1.28 bits per heavy atom. The van der Waals surface area contributed by atoms with Gasteiger partial charge >= 0.3 is 5.97 Å². The van der Waals surface area contributed by atoms with Crippen LogP contribution >= 0.6 is 0 Å². The number of aliphatic imine (C=N–C) groups is 2. The predicted octanol–water partition coefficient (Wildman–Crippen LogP) is -6.31. The first-order valence-corrected chi connectivity index (χ1v) is 17.7. The van der Waals surface area contributed by atoms with E-state index in [-0.39, 0.29) is 63.7 Å². The summed E-state index contributed by atoms with van der Waals surface area (Å²) in [6.07, 6.45) is 2.73. The maximum atomic E-state index is 13.5. The fourth-order valence-corrected chi connectivity index (χ4v) is 5.32. The van der Waals surface area contributed by atoms with Crippen LogP contribution in [0.4, 0.5) is 0 Å². The molecule has 306 valence electrons. The molecule has 23 nitrogen and oxygen atoms in total. The number of hydrogen-bond acceptors (Lipinski definition) is 12. The number of aliphatic hydroxyl groups excluding tert-OH is 1. The minimum Gasteiger partial charge on any atom is -0.480 e. The summed E-state index contributed by atoms with van der Waals surface area (Å²) in [5, 5.41) is 31.3. The van der Waals surface area contributed by atoms with Gasteiger partial charge in [-0.2, -0.15) is 0 Å². The van der Waals surface area contributed by atoms with Crippen LogP contribution in [0.15, 0.2) is 9.98 Å². The molecule has 0 radical (unpaired) electrons. The lowest BCUT2D eigenvalue weighted by Crippen LogP contribution is -2.59. The van der Waals surface area contributed by atoms with Crippen LogP contribution in [0.1, 0.15) is 64.7 Å². The number of carboxylic acids is 1. The third-order valence-corrected chi connectivity index (χ3v) is 8.30. The number of likely N-dealkylation sites (tertiary alicyclic amines) is 1. The van der Waals surface area contributed by atoms with Gasteiger partial charge in [0.25, 0.3) is 0 Å². The number of nitrogens with one attached hydrogen (secondary N) is 5. The highest BCUT2D eigenvalue weighted by Gasteiger charge is 2.35. The van der Waals surface area contributed by atoms with E-state index in [0.717, 1.165) is 4.90 Å². The number of aliphatic carboxylic acids is 1. The van der Waals surface area contributed by atoms with Crippen LogP contribution in [-0.4, -0.2) is 144 Å². The molecule has 6 amide bonds. The third kappa shape index (κ3) is 17.5. The fraction of sp³-hybridized carbons (Fsp3) is 0.710. The molecule has 0 aromatic heterocycles. The first-order valence-electron chi connectivity index (χ1n) is 17.7. The van der Waals surface area contributed by atoms with Gasteiger partial charge in [-0.05, 0) is 71.3 Å². The largest absolute Gasteiger partial charge is 0.480 e. The molecule has 0 aliphatic carbocycles. The van der Waals surface area contributed by atoms with Crippen molar-refractivity contribution in [2.75, 3.05) is 39.3 Å². The number of guanidine groups is 2. The second kappa shape index (κ2) is 24.9. The van der Waals surface area contributed by atoms with Gasteiger partial charge < -0.3 is 76.1 Å². The van der Waals surface area contributed by atoms with Crippen LogP contribution < -0.4 is 61.0 Å². The van der Waals surface area contributed by atoms with Gasteiger partial charge in [0.05, 0.1) is 19.2 Å². The van der Waals surface area contributed by atoms with Gasteiger partial charge in [0.2, 0.25) is 35.4 Å². The number of hydrogen-bond donors (Lipinski definition) is 13. The molecule has 19 N–H and O–H groups in total. The number of nitrogens with two attached hydrogens (primary N) is 6. The molecule has 6 unspecified atom stereocenters. The number of nitrogens with zero attached hydrogens (tertiary/aromatic N) is 3. The molecule has 23 heteroatoms. The van der Waals surface area contributed by atoms with Crippen molar-refractivity contribution in [3.05, 3.63) is 0 Å². The van der Waals surface area contributed by atoms with Crippen molar-refractivity contribution in [1.29, 1.82) is 0 Å². The molecule has 0 aromatic carbocycles. The van der Waals surface area contributed by atoms with E-state index in [1.807, 2.05) is 0 Å². The summed E-state index contributed by atoms with van der Waals surface area (Å²) in [6.45, 7) is 0.789. The molecule has 0 spiro atoms. The van der Waals surface area contributed by atoms with Gasteiger partial charge in [-0.25, -0.2) is 4.79 Å². The van der Waals surface area contributed by atoms with Gasteiger partial charge in [0.15, 0.2) is 11.9 Å². The van der Waals surface area contributed by atoms with E-state index in [1.165, 1.54) is 6.92 Å². The number of carbonyl (C=O) groups is 7. The molecule has 1 saturated heterocycles. The molecular weight excluding hydrogens is 712 g/mol. The highest BCUT2D eigenvalue weighted by Crippen LogP contribution is 2.17. The quantitative estimate of drug-likeness (QED) is 0.0233. The first-order chi connectivity index (χ1) is 25.5. The smallest absolute Gasteiger partial charge is 0.326 e. The van der Waals surface area contributed by atoms with E-state index in [4.69, 9.17) is 34.4 Å². The van der Waals surface area contributed by atoms with Crippen molar-refractivity contribution in [3.63, 3.8) is 0 Å². The molecule has 1 aliphatic heterocycles. The summed E-state index contributed by atoms with van der Waals surface area (Å²) in [5.41, 5.74) is 33.0. The lowest BCUT2D eigenvalue weighted by atomic mass is 10.0. The van der Waals surface area contributed by atoms with E-state index in [1.54, 1.807) is 0 Å². The second-order valence-corrected chi connectivity index (χ2v) is 12.7. The molecule has 0 bridgehead atoms. The summed E-state index contributed by atoms with van der Waals surface area (Å²) in [5.74, 6) is -5.99. The lowest BCUT2D eigenvalue weighted by molar-refractivity contribution is -0.148. The Morgan fingerprint density at radius 1 is 0.741 bits per heavy atom. The molecule has 54 heavy (non-hydrogen) atoms. The zero-order chi connectivity index (χ0) is 40.8. The second-order valence-electron chi connectivity index (χ2n) is 12.7. The zero-order valence-electron chi connectivity index (χ0n) is 30.6. The van der Waals surface area contributed by atoms with E-state index in [0.29, 0.717) is 32.2 Å². The van der Waals surface area contributed by atoms with Crippen LogP contribution in [0, 0.1) is 0 Å². The van der Waals surface area contributed by atoms with E-state index in [9.17, 15) is 43.8 Å². The topological polar surface area (TPSA) is 404 Å². The third-order valence-electron chi connectivity index (χ3n) is 8.30. The number of aliphatic hydroxyl groups is 1. The van der Waals surface area contributed by atoms with Crippen molar-refractivity contribution in [1.82, 2.24) is 31.5 Å². The first kappa shape index (κ1) is 46.7. The summed E-state index contributed by atoms with van der Waals surface area (Å²) in [4.78, 5) is 98.2. The normalized spacial score (nSPS) is 16.4. The van der Waals surface area contributed by atoms with Crippen molar-refractivity contribution in [2.45, 2.75) is 101 Å². The van der Waals surface area contributed by atoms with Gasteiger partial charge in [0, 0.05) is 19.6 Å². The zero-order valence-corrected chi connectivity index (χ0v) is 30.6. The minimum atomic E-state index is -1.51. The Labute approximate surface area is 313 Å². The minimum absolute atomic E-state index is 0.0689. The monoisotopic (exact) mass is 770 g/mol. The van der Waals surface area contributed by atoms with E-state index in [2.05, 4.69) is 36.6 Å². The molecule has 0 saturated carbocycles. The van der Waals surface area contributed by atoms with Gasteiger partial charge in [-0.15, -0.1) is 0 Å². The van der Waals surface area contributed by atoms with Crippen LogP contribution in [0.5, 0.6) is 0 Å². The Kier molecular flexibility index (Phi) is 21.5. The Hall–Kier alpha value is -5.29. The number of amides is 6. The van der Waals surface area contributed by atoms with Gasteiger partial charge in [-0.3, -0.25) is 38.8 Å². The van der Waals surface area contributed by atoms with E-state index < -0.39 is 90.8 Å². The van der Waals surface area contributed by atoms with Crippen LogP contribution in [0.25, 0.3) is 0 Å². The number of unbranched alkanes of at least 4 members (excludes halogenated alkanes) is 1. The maximum Gasteiger partial charge on any atom is 0.326 e. The van der Waals surface area contributed by atoms with Crippen LogP contribution in [-0.2, 0) is 33.6 Å². The standard InChI is InChI=1S/C31H58N14O9/c1-17(24(48)44-21(16-46)26(50)40-15-23(47)45-14-6-10-22(45)29(53)54)41-27(51)19(8-2-3-11-32)43-28(52)20(9-5-13-39-31(36)37)42-25(49)18(33)7-4-12-38-30(34)35/h17-22,46H,2-16,32-33H2,1H3,(H,40,50)(H,41,51)(H,42,49)(H,43,52)(H,44,48)(H,53,54)(H4,34,35,38)(H4,36,37,39). The van der Waals surface area contributed by atoms with Crippen molar-refractivity contribution in [2.24, 2.45) is 44.4 Å². The Bertz CT molecular complexity index is 1340. The van der Waals surface area contributed by atoms with Gasteiger partial charge in [-0.1, -0.05) is 0 Å².